The minimum Gasteiger partial charge on any atom is -0.310 e. The van der Waals surface area contributed by atoms with Gasteiger partial charge in [-0.2, -0.15) is 0 Å². The Morgan fingerprint density at radius 3 is 2.72 bits per heavy atom. The molecule has 1 fully saturated rings. The lowest BCUT2D eigenvalue weighted by Gasteiger charge is -2.28. The summed E-state index contributed by atoms with van der Waals surface area (Å²) in [5.74, 6) is 0.852. The van der Waals surface area contributed by atoms with Gasteiger partial charge in [-0.3, -0.25) is 0 Å². The fraction of sp³-hybridized carbons (Fsp3) is 0.600. The van der Waals surface area contributed by atoms with Crippen LogP contribution in [0.5, 0.6) is 0 Å². The number of nitrogens with one attached hydrogen (secondary N) is 1. The Balaban J connectivity index is 1.84. The van der Waals surface area contributed by atoms with Crippen molar-refractivity contribution in [1.29, 1.82) is 0 Å². The summed E-state index contributed by atoms with van der Waals surface area (Å²) >= 11 is 9.52. The van der Waals surface area contributed by atoms with E-state index in [9.17, 15) is 0 Å². The van der Waals surface area contributed by atoms with Crippen molar-refractivity contribution in [3.8, 4) is 0 Å². The average molecular weight is 331 g/mol. The van der Waals surface area contributed by atoms with Gasteiger partial charge in [-0.15, -0.1) is 0 Å². The van der Waals surface area contributed by atoms with Crippen molar-refractivity contribution in [1.82, 2.24) is 5.32 Å². The Hall–Kier alpha value is -0.0500. The minimum atomic E-state index is 0.604. The first kappa shape index (κ1) is 14.4. The third-order valence-corrected chi connectivity index (χ3v) is 5.20. The van der Waals surface area contributed by atoms with Crippen LogP contribution in [0.25, 0.3) is 0 Å². The van der Waals surface area contributed by atoms with Crippen molar-refractivity contribution < 1.29 is 0 Å². The van der Waals surface area contributed by atoms with Crippen LogP contribution in [0, 0.1) is 5.92 Å². The number of benzene rings is 1. The van der Waals surface area contributed by atoms with E-state index in [2.05, 4.69) is 34.2 Å². The van der Waals surface area contributed by atoms with E-state index in [-0.39, 0.29) is 0 Å². The first-order valence-electron chi connectivity index (χ1n) is 6.84. The molecule has 1 aromatic rings. The largest absolute Gasteiger partial charge is 0.310 e. The summed E-state index contributed by atoms with van der Waals surface area (Å²) in [6.07, 6.45) is 7.00. The highest BCUT2D eigenvalue weighted by atomic mass is 79.9. The lowest BCUT2D eigenvalue weighted by Crippen LogP contribution is -2.34. The highest BCUT2D eigenvalue weighted by molar-refractivity contribution is 9.10. The topological polar surface area (TPSA) is 12.0 Å². The Morgan fingerprint density at radius 2 is 2.06 bits per heavy atom. The molecule has 2 rings (SSSR count). The number of halogens is 2. The molecule has 3 heteroatoms. The smallest absolute Gasteiger partial charge is 0.0551 e. The van der Waals surface area contributed by atoms with Crippen molar-refractivity contribution in [3.63, 3.8) is 0 Å². The van der Waals surface area contributed by atoms with Gasteiger partial charge in [0.25, 0.3) is 0 Å². The van der Waals surface area contributed by atoms with Gasteiger partial charge in [0.05, 0.1) is 5.02 Å². The van der Waals surface area contributed by atoms with E-state index in [0.29, 0.717) is 6.04 Å². The predicted molar refractivity (Wildman–Crippen MR) is 82.0 cm³/mol. The number of hydrogen-bond donors (Lipinski definition) is 1. The normalized spacial score (nSPS) is 18.8. The summed E-state index contributed by atoms with van der Waals surface area (Å²) < 4.78 is 0.966. The van der Waals surface area contributed by atoms with Crippen molar-refractivity contribution in [3.05, 3.63) is 33.3 Å². The summed E-state index contributed by atoms with van der Waals surface area (Å²) in [5, 5.41) is 4.43. The summed E-state index contributed by atoms with van der Waals surface area (Å²) in [6, 6.07) is 6.78. The Labute approximate surface area is 123 Å². The molecule has 1 nitrogen and oxygen atoms in total. The molecule has 0 radical (unpaired) electrons. The fourth-order valence-corrected chi connectivity index (χ4v) is 3.18. The van der Waals surface area contributed by atoms with Gasteiger partial charge in [0.2, 0.25) is 0 Å². The molecule has 100 valence electrons. The Kier molecular flexibility index (Phi) is 5.53. The monoisotopic (exact) mass is 329 g/mol. The van der Waals surface area contributed by atoms with Gasteiger partial charge in [0, 0.05) is 17.1 Å². The van der Waals surface area contributed by atoms with Gasteiger partial charge in [-0.25, -0.2) is 0 Å². The van der Waals surface area contributed by atoms with Crippen LogP contribution >= 0.6 is 27.5 Å². The molecule has 18 heavy (non-hydrogen) atoms. The molecule has 0 aromatic heterocycles. The standard InChI is InChI=1S/C15H21BrClN/c1-11(13-5-3-2-4-6-13)18-10-12-7-8-14(16)15(17)9-12/h7-9,11,13,18H,2-6,10H2,1H3/t11-/m1/s1. The highest BCUT2D eigenvalue weighted by Crippen LogP contribution is 2.27. The number of hydrogen-bond acceptors (Lipinski definition) is 1. The van der Waals surface area contributed by atoms with Gasteiger partial charge in [-0.1, -0.05) is 36.9 Å². The van der Waals surface area contributed by atoms with E-state index in [1.54, 1.807) is 0 Å². The van der Waals surface area contributed by atoms with E-state index in [4.69, 9.17) is 11.6 Å². The fourth-order valence-electron chi connectivity index (χ4n) is 2.73. The van der Waals surface area contributed by atoms with Crippen LogP contribution in [-0.2, 0) is 6.54 Å². The summed E-state index contributed by atoms with van der Waals surface area (Å²) in [7, 11) is 0. The van der Waals surface area contributed by atoms with Gasteiger partial charge < -0.3 is 5.32 Å². The predicted octanol–water partition coefficient (Wildman–Crippen LogP) is 5.16. The van der Waals surface area contributed by atoms with E-state index < -0.39 is 0 Å². The lowest BCUT2D eigenvalue weighted by molar-refractivity contribution is 0.280. The summed E-state index contributed by atoms with van der Waals surface area (Å²) in [6.45, 7) is 3.22. The van der Waals surface area contributed by atoms with Gasteiger partial charge in [-0.05, 0) is 59.3 Å². The molecule has 0 amide bonds. The minimum absolute atomic E-state index is 0.604. The summed E-state index contributed by atoms with van der Waals surface area (Å²) in [4.78, 5) is 0. The third kappa shape index (κ3) is 3.97. The Morgan fingerprint density at radius 1 is 1.33 bits per heavy atom. The van der Waals surface area contributed by atoms with E-state index in [1.807, 2.05) is 12.1 Å². The van der Waals surface area contributed by atoms with Crippen LogP contribution in [0.1, 0.15) is 44.6 Å². The van der Waals surface area contributed by atoms with Gasteiger partial charge >= 0.3 is 0 Å². The van der Waals surface area contributed by atoms with Crippen LogP contribution in [-0.4, -0.2) is 6.04 Å². The molecule has 0 unspecified atom stereocenters. The molecule has 1 aliphatic carbocycles. The first-order chi connectivity index (χ1) is 8.66. The third-order valence-electron chi connectivity index (χ3n) is 3.97. The quantitative estimate of drug-likeness (QED) is 0.804. The second-order valence-corrected chi connectivity index (χ2v) is 6.58. The molecular weight excluding hydrogens is 310 g/mol. The zero-order valence-electron chi connectivity index (χ0n) is 10.9. The number of rotatable bonds is 4. The first-order valence-corrected chi connectivity index (χ1v) is 8.01. The van der Waals surface area contributed by atoms with Gasteiger partial charge in [0.15, 0.2) is 0 Å². The van der Waals surface area contributed by atoms with Crippen molar-refractivity contribution in [2.24, 2.45) is 5.92 Å². The molecule has 0 aliphatic heterocycles. The van der Waals surface area contributed by atoms with Crippen molar-refractivity contribution in [2.75, 3.05) is 0 Å². The van der Waals surface area contributed by atoms with Crippen LogP contribution in [0.4, 0.5) is 0 Å². The van der Waals surface area contributed by atoms with Crippen molar-refractivity contribution >= 4 is 27.5 Å². The second-order valence-electron chi connectivity index (χ2n) is 5.32. The highest BCUT2D eigenvalue weighted by Gasteiger charge is 2.19. The molecule has 0 spiro atoms. The van der Waals surface area contributed by atoms with Crippen LogP contribution in [0.2, 0.25) is 5.02 Å². The Bertz CT molecular complexity index is 388. The maximum atomic E-state index is 6.10. The zero-order valence-corrected chi connectivity index (χ0v) is 13.2. The van der Waals surface area contributed by atoms with Crippen LogP contribution in [0.15, 0.2) is 22.7 Å². The maximum Gasteiger partial charge on any atom is 0.0551 e. The van der Waals surface area contributed by atoms with E-state index in [0.717, 1.165) is 22.0 Å². The molecule has 1 saturated carbocycles. The molecular formula is C15H21BrClN. The SMILES string of the molecule is C[C@@H](NCc1ccc(Br)c(Cl)c1)C1CCCCC1. The molecule has 0 bridgehead atoms. The summed E-state index contributed by atoms with van der Waals surface area (Å²) in [5.41, 5.74) is 1.26. The van der Waals surface area contributed by atoms with Crippen LogP contribution in [0.3, 0.4) is 0 Å². The van der Waals surface area contributed by atoms with Gasteiger partial charge in [0.1, 0.15) is 0 Å². The molecule has 0 saturated heterocycles. The van der Waals surface area contributed by atoms with Crippen LogP contribution < -0.4 is 5.32 Å². The molecule has 1 aromatic carbocycles. The lowest BCUT2D eigenvalue weighted by atomic mass is 9.84. The molecule has 0 heterocycles. The van der Waals surface area contributed by atoms with Crippen molar-refractivity contribution in [2.45, 2.75) is 51.6 Å². The molecule has 1 N–H and O–H groups in total. The molecule has 1 aliphatic rings. The second kappa shape index (κ2) is 6.93. The molecule has 1 atom stereocenters. The van der Waals surface area contributed by atoms with E-state index in [1.165, 1.54) is 37.7 Å². The maximum absolute atomic E-state index is 6.10. The zero-order chi connectivity index (χ0) is 13.0. The van der Waals surface area contributed by atoms with E-state index >= 15 is 0 Å². The average Bonchev–Trinajstić information content (AvgIpc) is 2.41.